The SMILES string of the molecule is COC(=O)c1ccc(C=C2NC(=O)N(Cc3ccccc3)C2=O)cc1. The Morgan fingerprint density at radius 2 is 1.76 bits per heavy atom. The Labute approximate surface area is 144 Å². The lowest BCUT2D eigenvalue weighted by molar-refractivity contribution is -0.123. The van der Waals surface area contributed by atoms with Gasteiger partial charge in [-0.15, -0.1) is 0 Å². The van der Waals surface area contributed by atoms with Crippen LogP contribution in [0, 0.1) is 0 Å². The number of methoxy groups -OCH3 is 1. The van der Waals surface area contributed by atoms with E-state index in [9.17, 15) is 14.4 Å². The molecule has 25 heavy (non-hydrogen) atoms. The first-order valence-corrected chi connectivity index (χ1v) is 7.65. The molecule has 1 fully saturated rings. The van der Waals surface area contributed by atoms with E-state index in [1.807, 2.05) is 30.3 Å². The fraction of sp³-hybridized carbons (Fsp3) is 0.105. The minimum atomic E-state index is -0.453. The van der Waals surface area contributed by atoms with Gasteiger partial charge in [0.1, 0.15) is 5.70 Å². The Balaban J connectivity index is 1.77. The highest BCUT2D eigenvalue weighted by molar-refractivity contribution is 6.13. The molecule has 0 aromatic heterocycles. The van der Waals surface area contributed by atoms with E-state index in [1.165, 1.54) is 7.11 Å². The smallest absolute Gasteiger partial charge is 0.337 e. The van der Waals surface area contributed by atoms with Crippen molar-refractivity contribution in [2.75, 3.05) is 7.11 Å². The van der Waals surface area contributed by atoms with Crippen molar-refractivity contribution >= 4 is 24.0 Å². The average molecular weight is 336 g/mol. The highest BCUT2D eigenvalue weighted by Crippen LogP contribution is 2.17. The largest absolute Gasteiger partial charge is 0.465 e. The van der Waals surface area contributed by atoms with E-state index in [0.717, 1.165) is 10.5 Å². The van der Waals surface area contributed by atoms with Crippen molar-refractivity contribution in [3.63, 3.8) is 0 Å². The van der Waals surface area contributed by atoms with Crippen LogP contribution in [-0.2, 0) is 16.1 Å². The first-order valence-electron chi connectivity index (χ1n) is 7.65. The van der Waals surface area contributed by atoms with Crippen molar-refractivity contribution in [2.45, 2.75) is 6.54 Å². The quantitative estimate of drug-likeness (QED) is 0.529. The maximum atomic E-state index is 12.4. The normalized spacial score (nSPS) is 15.4. The molecule has 126 valence electrons. The van der Waals surface area contributed by atoms with Crippen molar-refractivity contribution in [1.82, 2.24) is 10.2 Å². The zero-order valence-corrected chi connectivity index (χ0v) is 13.6. The fourth-order valence-electron chi connectivity index (χ4n) is 2.48. The first-order chi connectivity index (χ1) is 12.1. The summed E-state index contributed by atoms with van der Waals surface area (Å²) < 4.78 is 4.64. The number of carbonyl (C=O) groups is 3. The summed E-state index contributed by atoms with van der Waals surface area (Å²) in [5.74, 6) is -0.815. The summed E-state index contributed by atoms with van der Waals surface area (Å²) in [6.45, 7) is 0.212. The number of rotatable bonds is 4. The lowest BCUT2D eigenvalue weighted by Gasteiger charge is -2.11. The second-order valence-electron chi connectivity index (χ2n) is 5.48. The molecular weight excluding hydrogens is 320 g/mol. The minimum Gasteiger partial charge on any atom is -0.465 e. The van der Waals surface area contributed by atoms with E-state index in [1.54, 1.807) is 30.3 Å². The summed E-state index contributed by atoms with van der Waals surface area (Å²) in [7, 11) is 1.31. The Bertz CT molecular complexity index is 841. The van der Waals surface area contributed by atoms with E-state index < -0.39 is 12.0 Å². The Kier molecular flexibility index (Phi) is 4.61. The molecule has 6 nitrogen and oxygen atoms in total. The van der Waals surface area contributed by atoms with Gasteiger partial charge in [0.05, 0.1) is 19.2 Å². The number of nitrogens with zero attached hydrogens (tertiary/aromatic N) is 1. The van der Waals surface area contributed by atoms with E-state index in [0.29, 0.717) is 11.1 Å². The predicted octanol–water partition coefficient (Wildman–Crippen LogP) is 2.57. The Hall–Kier alpha value is -3.41. The number of nitrogens with one attached hydrogen (secondary N) is 1. The lowest BCUT2D eigenvalue weighted by Crippen LogP contribution is -2.30. The van der Waals surface area contributed by atoms with Gasteiger partial charge in [0, 0.05) is 0 Å². The molecule has 0 saturated carbocycles. The molecule has 3 rings (SSSR count). The number of urea groups is 1. The van der Waals surface area contributed by atoms with Gasteiger partial charge in [-0.25, -0.2) is 9.59 Å². The number of hydrogen-bond donors (Lipinski definition) is 1. The van der Waals surface area contributed by atoms with Crippen LogP contribution in [0.25, 0.3) is 6.08 Å². The van der Waals surface area contributed by atoms with Gasteiger partial charge in [0.15, 0.2) is 0 Å². The number of amides is 3. The lowest BCUT2D eigenvalue weighted by atomic mass is 10.1. The summed E-state index contributed by atoms with van der Waals surface area (Å²) in [5.41, 5.74) is 2.18. The van der Waals surface area contributed by atoms with Crippen molar-refractivity contribution < 1.29 is 19.1 Å². The van der Waals surface area contributed by atoms with E-state index >= 15 is 0 Å². The van der Waals surface area contributed by atoms with Gasteiger partial charge >= 0.3 is 12.0 Å². The molecule has 0 bridgehead atoms. The average Bonchev–Trinajstić information content (AvgIpc) is 2.90. The second kappa shape index (κ2) is 7.00. The van der Waals surface area contributed by atoms with Crippen molar-refractivity contribution in [1.29, 1.82) is 0 Å². The standard InChI is InChI=1S/C19H16N2O4/c1-25-18(23)15-9-7-13(8-10-15)11-16-17(22)21(19(24)20-16)12-14-5-3-2-4-6-14/h2-11H,12H2,1H3,(H,20,24). The van der Waals surface area contributed by atoms with Gasteiger partial charge in [-0.05, 0) is 29.3 Å². The number of esters is 1. The molecule has 0 unspecified atom stereocenters. The van der Waals surface area contributed by atoms with E-state index in [4.69, 9.17) is 0 Å². The van der Waals surface area contributed by atoms with Gasteiger partial charge in [-0.2, -0.15) is 0 Å². The van der Waals surface area contributed by atoms with Crippen molar-refractivity contribution in [3.8, 4) is 0 Å². The maximum absolute atomic E-state index is 12.4. The summed E-state index contributed by atoms with van der Waals surface area (Å²) in [6, 6.07) is 15.4. The predicted molar refractivity (Wildman–Crippen MR) is 91.3 cm³/mol. The molecule has 2 aromatic carbocycles. The van der Waals surface area contributed by atoms with Gasteiger partial charge in [0.2, 0.25) is 0 Å². The molecule has 1 N–H and O–H groups in total. The molecule has 3 amide bonds. The number of benzene rings is 2. The third-order valence-corrected chi connectivity index (χ3v) is 3.79. The van der Waals surface area contributed by atoms with Crippen LogP contribution >= 0.6 is 0 Å². The third kappa shape index (κ3) is 3.58. The van der Waals surface area contributed by atoms with Crippen LogP contribution < -0.4 is 5.32 Å². The molecule has 0 atom stereocenters. The summed E-state index contributed by atoms with van der Waals surface area (Å²) in [4.78, 5) is 37.1. The number of hydrogen-bond acceptors (Lipinski definition) is 4. The zero-order valence-electron chi connectivity index (χ0n) is 13.6. The molecule has 2 aromatic rings. The van der Waals surface area contributed by atoms with Crippen LogP contribution in [0.2, 0.25) is 0 Å². The maximum Gasteiger partial charge on any atom is 0.337 e. The van der Waals surface area contributed by atoms with E-state index in [-0.39, 0.29) is 18.1 Å². The van der Waals surface area contributed by atoms with Crippen LogP contribution in [0.3, 0.4) is 0 Å². The van der Waals surface area contributed by atoms with Gasteiger partial charge < -0.3 is 10.1 Å². The van der Waals surface area contributed by atoms with Crippen LogP contribution in [0.5, 0.6) is 0 Å². The number of ether oxygens (including phenoxy) is 1. The second-order valence-corrected chi connectivity index (χ2v) is 5.48. The number of imide groups is 1. The molecule has 6 heteroatoms. The highest BCUT2D eigenvalue weighted by Gasteiger charge is 2.33. The molecule has 0 aliphatic carbocycles. The minimum absolute atomic E-state index is 0.201. The molecular formula is C19H16N2O4. The van der Waals surface area contributed by atoms with Gasteiger partial charge in [-0.1, -0.05) is 42.5 Å². The summed E-state index contributed by atoms with van der Waals surface area (Å²) in [6.07, 6.45) is 1.58. The topological polar surface area (TPSA) is 75.7 Å². The molecule has 0 spiro atoms. The first kappa shape index (κ1) is 16.4. The van der Waals surface area contributed by atoms with Gasteiger partial charge in [0.25, 0.3) is 5.91 Å². The Morgan fingerprint density at radius 1 is 1.08 bits per heavy atom. The van der Waals surface area contributed by atoms with Crippen LogP contribution in [0.4, 0.5) is 4.79 Å². The molecule has 1 heterocycles. The molecule has 0 radical (unpaired) electrons. The highest BCUT2D eigenvalue weighted by atomic mass is 16.5. The van der Waals surface area contributed by atoms with Crippen molar-refractivity contribution in [3.05, 3.63) is 77.0 Å². The van der Waals surface area contributed by atoms with Crippen molar-refractivity contribution in [2.24, 2.45) is 0 Å². The van der Waals surface area contributed by atoms with Crippen LogP contribution in [-0.4, -0.2) is 29.9 Å². The zero-order chi connectivity index (χ0) is 17.8. The molecule has 1 aliphatic heterocycles. The summed E-state index contributed by atoms with van der Waals surface area (Å²) in [5, 5.41) is 2.58. The number of carbonyl (C=O) groups excluding carboxylic acids is 3. The van der Waals surface area contributed by atoms with Gasteiger partial charge in [-0.3, -0.25) is 9.69 Å². The van der Waals surface area contributed by atoms with Crippen LogP contribution in [0.15, 0.2) is 60.3 Å². The van der Waals surface area contributed by atoms with E-state index in [2.05, 4.69) is 10.1 Å². The van der Waals surface area contributed by atoms with Crippen LogP contribution in [0.1, 0.15) is 21.5 Å². The summed E-state index contributed by atoms with van der Waals surface area (Å²) >= 11 is 0. The third-order valence-electron chi connectivity index (χ3n) is 3.79. The fourth-order valence-corrected chi connectivity index (χ4v) is 2.48. The molecule has 1 saturated heterocycles. The molecule has 1 aliphatic rings. The monoisotopic (exact) mass is 336 g/mol. The Morgan fingerprint density at radius 3 is 2.40 bits per heavy atom.